The van der Waals surface area contributed by atoms with Crippen molar-refractivity contribution in [1.82, 2.24) is 10.6 Å². The van der Waals surface area contributed by atoms with Crippen molar-refractivity contribution in [1.29, 1.82) is 0 Å². The molecule has 4 N–H and O–H groups in total. The first-order valence-corrected chi connectivity index (χ1v) is 8.38. The number of ether oxygens (including phenoxy) is 1. The van der Waals surface area contributed by atoms with E-state index in [0.29, 0.717) is 6.42 Å². The summed E-state index contributed by atoms with van der Waals surface area (Å²) in [6, 6.07) is 7.88. The summed E-state index contributed by atoms with van der Waals surface area (Å²) < 4.78 is 4.76. The van der Waals surface area contributed by atoms with Crippen molar-refractivity contribution in [3.63, 3.8) is 0 Å². The predicted molar refractivity (Wildman–Crippen MR) is 94.5 cm³/mol. The molecule has 0 saturated heterocycles. The number of carbonyl (C=O) groups excluding carboxylic acids is 3. The Morgan fingerprint density at radius 1 is 1.12 bits per heavy atom. The van der Waals surface area contributed by atoms with Crippen molar-refractivity contribution in [2.24, 2.45) is 11.7 Å². The molecule has 1 aromatic rings. The van der Waals surface area contributed by atoms with Gasteiger partial charge in [0.1, 0.15) is 12.6 Å². The molecule has 1 rings (SSSR count). The molecule has 0 fully saturated rings. The minimum atomic E-state index is -0.774. The molecule has 0 radical (unpaired) electrons. The Bertz CT molecular complexity index is 575. The first-order chi connectivity index (χ1) is 11.8. The van der Waals surface area contributed by atoms with E-state index >= 15 is 0 Å². The van der Waals surface area contributed by atoms with Gasteiger partial charge in [-0.3, -0.25) is 14.4 Å². The summed E-state index contributed by atoms with van der Waals surface area (Å²) in [5.74, 6) is -1.53. The molecule has 2 atom stereocenters. The summed E-state index contributed by atoms with van der Waals surface area (Å²) in [5.41, 5.74) is 6.88. The van der Waals surface area contributed by atoms with Gasteiger partial charge in [-0.05, 0) is 24.8 Å². The van der Waals surface area contributed by atoms with E-state index in [1.807, 2.05) is 30.3 Å². The third-order valence-corrected chi connectivity index (χ3v) is 3.59. The third kappa shape index (κ3) is 7.34. The Balaban J connectivity index is 2.59. The molecule has 0 saturated carbocycles. The van der Waals surface area contributed by atoms with E-state index in [2.05, 4.69) is 10.6 Å². The number of rotatable bonds is 9. The van der Waals surface area contributed by atoms with E-state index in [1.54, 1.807) is 20.8 Å². The summed E-state index contributed by atoms with van der Waals surface area (Å²) in [6.07, 6.45) is 0.377. The second-order valence-corrected chi connectivity index (χ2v) is 6.05. The standard InChI is InChI=1S/C18H27N3O4/c1-4-25-15(22)11-20-18(24)16(12(2)3)21-17(23)14(19)10-13-8-6-5-7-9-13/h5-9,12,14,16H,4,10-11,19H2,1-3H3,(H,20,24)(H,21,23)/t14-,16-/m0/s1. The van der Waals surface area contributed by atoms with Crippen molar-refractivity contribution >= 4 is 17.8 Å². The van der Waals surface area contributed by atoms with Crippen LogP contribution in [0.15, 0.2) is 30.3 Å². The van der Waals surface area contributed by atoms with Gasteiger partial charge in [0, 0.05) is 0 Å². The van der Waals surface area contributed by atoms with Crippen LogP contribution in [0.2, 0.25) is 0 Å². The van der Waals surface area contributed by atoms with Crippen LogP contribution in [0.1, 0.15) is 26.3 Å². The van der Waals surface area contributed by atoms with E-state index < -0.39 is 29.9 Å². The van der Waals surface area contributed by atoms with Crippen LogP contribution >= 0.6 is 0 Å². The maximum atomic E-state index is 12.3. The van der Waals surface area contributed by atoms with Crippen LogP contribution in [0.5, 0.6) is 0 Å². The van der Waals surface area contributed by atoms with Crippen LogP contribution in [0, 0.1) is 5.92 Å². The summed E-state index contributed by atoms with van der Waals surface area (Å²) in [5, 5.41) is 5.14. The average molecular weight is 349 g/mol. The number of hydrogen-bond donors (Lipinski definition) is 3. The van der Waals surface area contributed by atoms with Gasteiger partial charge in [-0.1, -0.05) is 44.2 Å². The number of benzene rings is 1. The molecule has 0 aliphatic rings. The largest absolute Gasteiger partial charge is 0.465 e. The number of carbonyl (C=O) groups is 3. The molecule has 0 aliphatic heterocycles. The Kier molecular flexibility index (Phi) is 8.63. The fraction of sp³-hybridized carbons (Fsp3) is 0.500. The van der Waals surface area contributed by atoms with Crippen LogP contribution in [-0.4, -0.2) is 43.0 Å². The molecule has 25 heavy (non-hydrogen) atoms. The lowest BCUT2D eigenvalue weighted by Crippen LogP contribution is -2.54. The van der Waals surface area contributed by atoms with E-state index in [9.17, 15) is 14.4 Å². The van der Waals surface area contributed by atoms with Gasteiger partial charge in [0.05, 0.1) is 12.6 Å². The second kappa shape index (κ2) is 10.5. The van der Waals surface area contributed by atoms with Gasteiger partial charge in [-0.25, -0.2) is 0 Å². The Morgan fingerprint density at radius 3 is 2.32 bits per heavy atom. The Morgan fingerprint density at radius 2 is 1.76 bits per heavy atom. The zero-order valence-electron chi connectivity index (χ0n) is 15.0. The van der Waals surface area contributed by atoms with Crippen LogP contribution < -0.4 is 16.4 Å². The quantitative estimate of drug-likeness (QED) is 0.558. The average Bonchev–Trinajstić information content (AvgIpc) is 2.58. The van der Waals surface area contributed by atoms with E-state index in [0.717, 1.165) is 5.56 Å². The summed E-state index contributed by atoms with van der Waals surface area (Å²) in [7, 11) is 0. The third-order valence-electron chi connectivity index (χ3n) is 3.59. The molecule has 0 spiro atoms. The van der Waals surface area contributed by atoms with Gasteiger partial charge in [-0.2, -0.15) is 0 Å². The van der Waals surface area contributed by atoms with Gasteiger partial charge in [-0.15, -0.1) is 0 Å². The zero-order valence-corrected chi connectivity index (χ0v) is 15.0. The molecule has 0 bridgehead atoms. The van der Waals surface area contributed by atoms with E-state index in [4.69, 9.17) is 10.5 Å². The van der Waals surface area contributed by atoms with E-state index in [1.165, 1.54) is 0 Å². The fourth-order valence-corrected chi connectivity index (χ4v) is 2.24. The molecule has 0 aromatic heterocycles. The molecule has 0 unspecified atom stereocenters. The van der Waals surface area contributed by atoms with Gasteiger partial charge >= 0.3 is 5.97 Å². The van der Waals surface area contributed by atoms with Crippen LogP contribution in [0.3, 0.4) is 0 Å². The molecular weight excluding hydrogens is 322 g/mol. The highest BCUT2D eigenvalue weighted by molar-refractivity contribution is 5.91. The minimum Gasteiger partial charge on any atom is -0.465 e. The molecule has 2 amide bonds. The predicted octanol–water partition coefficient (Wildman–Crippen LogP) is 0.377. The minimum absolute atomic E-state index is 0.157. The van der Waals surface area contributed by atoms with Crippen LogP contribution in [0.4, 0.5) is 0 Å². The lowest BCUT2D eigenvalue weighted by atomic mass is 10.0. The molecule has 7 heteroatoms. The van der Waals surface area contributed by atoms with Crippen molar-refractivity contribution in [2.45, 2.75) is 39.3 Å². The normalized spacial score (nSPS) is 13.0. The first kappa shape index (κ1) is 20.6. The number of nitrogens with two attached hydrogens (primary N) is 1. The number of amides is 2. The van der Waals surface area contributed by atoms with Crippen LogP contribution in [0.25, 0.3) is 0 Å². The monoisotopic (exact) mass is 349 g/mol. The lowest BCUT2D eigenvalue weighted by Gasteiger charge is -2.23. The van der Waals surface area contributed by atoms with Gasteiger partial charge in [0.25, 0.3) is 0 Å². The number of hydrogen-bond acceptors (Lipinski definition) is 5. The topological polar surface area (TPSA) is 111 Å². The Hall–Kier alpha value is -2.41. The molecule has 0 heterocycles. The highest BCUT2D eigenvalue weighted by Crippen LogP contribution is 2.05. The maximum Gasteiger partial charge on any atom is 0.325 e. The van der Waals surface area contributed by atoms with Gasteiger partial charge < -0.3 is 21.1 Å². The lowest BCUT2D eigenvalue weighted by molar-refractivity contribution is -0.143. The Labute approximate surface area is 148 Å². The maximum absolute atomic E-state index is 12.3. The molecular formula is C18H27N3O4. The van der Waals surface area contributed by atoms with Crippen molar-refractivity contribution in [3.05, 3.63) is 35.9 Å². The van der Waals surface area contributed by atoms with Crippen molar-refractivity contribution < 1.29 is 19.1 Å². The van der Waals surface area contributed by atoms with Crippen LogP contribution in [-0.2, 0) is 25.5 Å². The number of esters is 1. The second-order valence-electron chi connectivity index (χ2n) is 6.05. The first-order valence-electron chi connectivity index (χ1n) is 8.38. The highest BCUT2D eigenvalue weighted by atomic mass is 16.5. The van der Waals surface area contributed by atoms with Crippen molar-refractivity contribution in [2.75, 3.05) is 13.2 Å². The molecule has 138 valence electrons. The summed E-state index contributed by atoms with van der Waals surface area (Å²) >= 11 is 0. The number of nitrogens with one attached hydrogen (secondary N) is 2. The highest BCUT2D eigenvalue weighted by Gasteiger charge is 2.26. The summed E-state index contributed by atoms with van der Waals surface area (Å²) in [6.45, 7) is 5.30. The van der Waals surface area contributed by atoms with E-state index in [-0.39, 0.29) is 19.1 Å². The molecule has 0 aliphatic carbocycles. The SMILES string of the molecule is CCOC(=O)CNC(=O)[C@@H](NC(=O)[C@@H](N)Cc1ccccc1)C(C)C. The smallest absolute Gasteiger partial charge is 0.325 e. The summed E-state index contributed by atoms with van der Waals surface area (Å²) in [4.78, 5) is 35.9. The van der Waals surface area contributed by atoms with Gasteiger partial charge in [0.15, 0.2) is 0 Å². The molecule has 1 aromatic carbocycles. The zero-order chi connectivity index (χ0) is 18.8. The van der Waals surface area contributed by atoms with Gasteiger partial charge in [0.2, 0.25) is 11.8 Å². The molecule has 7 nitrogen and oxygen atoms in total. The van der Waals surface area contributed by atoms with Crippen molar-refractivity contribution in [3.8, 4) is 0 Å². The fourth-order valence-electron chi connectivity index (χ4n) is 2.24.